The number of nitrogens with zero attached hydrogens (tertiary/aromatic N) is 3. The highest BCUT2D eigenvalue weighted by molar-refractivity contribution is 5.79. The fourth-order valence-electron chi connectivity index (χ4n) is 6.71. The molecule has 45 heavy (non-hydrogen) atoms. The van der Waals surface area contributed by atoms with E-state index >= 15 is 4.39 Å². The molecule has 1 atom stereocenters. The Balaban J connectivity index is 1.13. The Hall–Kier alpha value is -4.05. The monoisotopic (exact) mass is 619 g/mol. The number of pyridine rings is 1. The molecule has 3 fully saturated rings. The molecule has 0 unspecified atom stereocenters. The minimum atomic E-state index is -0.806. The van der Waals surface area contributed by atoms with E-state index in [2.05, 4.69) is 17.1 Å². The van der Waals surface area contributed by atoms with Gasteiger partial charge in [-0.3, -0.25) is 9.59 Å². The van der Waals surface area contributed by atoms with E-state index in [1.165, 1.54) is 11.6 Å². The van der Waals surface area contributed by atoms with E-state index in [-0.39, 0.29) is 35.7 Å². The zero-order valence-corrected chi connectivity index (χ0v) is 25.5. The number of aromatic nitrogens is 1. The van der Waals surface area contributed by atoms with Crippen molar-refractivity contribution >= 4 is 17.7 Å². The Labute approximate surface area is 262 Å². The number of likely N-dealkylation sites (tertiary alicyclic amines) is 1. The molecule has 8 nitrogen and oxygen atoms in total. The maximum Gasteiger partial charge on any atom is 0.306 e. The van der Waals surface area contributed by atoms with Crippen LogP contribution in [0.4, 0.5) is 14.6 Å². The van der Waals surface area contributed by atoms with Gasteiger partial charge >= 0.3 is 5.97 Å². The normalized spacial score (nSPS) is 19.6. The Morgan fingerprint density at radius 1 is 0.978 bits per heavy atom. The molecular weight excluding hydrogens is 580 g/mol. The lowest BCUT2D eigenvalue weighted by Gasteiger charge is -2.33. The first-order valence-corrected chi connectivity index (χ1v) is 15.8. The van der Waals surface area contributed by atoms with Crippen molar-refractivity contribution < 1.29 is 33.0 Å². The average molecular weight is 620 g/mol. The zero-order valence-electron chi connectivity index (χ0n) is 25.5. The van der Waals surface area contributed by atoms with Gasteiger partial charge in [0.2, 0.25) is 5.91 Å². The molecule has 2 aromatic carbocycles. The molecule has 0 spiro atoms. The summed E-state index contributed by atoms with van der Waals surface area (Å²) in [6.07, 6.45) is 3.64. The molecule has 3 saturated heterocycles. The summed E-state index contributed by atoms with van der Waals surface area (Å²) in [5.41, 5.74) is 3.72. The first kappa shape index (κ1) is 31.0. The highest BCUT2D eigenvalue weighted by Gasteiger charge is 2.31. The van der Waals surface area contributed by atoms with Crippen LogP contribution in [0.3, 0.4) is 0 Å². The van der Waals surface area contributed by atoms with E-state index < -0.39 is 17.6 Å². The molecule has 0 aliphatic carbocycles. The van der Waals surface area contributed by atoms with Crippen molar-refractivity contribution in [2.45, 2.75) is 51.6 Å². The van der Waals surface area contributed by atoms with E-state index in [1.54, 1.807) is 12.1 Å². The highest BCUT2D eigenvalue weighted by atomic mass is 19.1. The molecule has 238 valence electrons. The number of carboxylic acid groups (broad SMARTS) is 1. The van der Waals surface area contributed by atoms with E-state index in [0.717, 1.165) is 49.5 Å². The molecule has 3 aliphatic rings. The van der Waals surface area contributed by atoms with Gasteiger partial charge in [-0.2, -0.15) is 0 Å². The van der Waals surface area contributed by atoms with Crippen LogP contribution >= 0.6 is 0 Å². The average Bonchev–Trinajstić information content (AvgIpc) is 3.60. The number of hydrogen-bond acceptors (Lipinski definition) is 6. The van der Waals surface area contributed by atoms with Gasteiger partial charge in [0.1, 0.15) is 18.2 Å². The van der Waals surface area contributed by atoms with Crippen LogP contribution in [-0.4, -0.2) is 66.3 Å². The molecule has 3 aromatic rings. The summed E-state index contributed by atoms with van der Waals surface area (Å²) in [7, 11) is 0. The van der Waals surface area contributed by atoms with Crippen LogP contribution in [0.15, 0.2) is 48.5 Å². The van der Waals surface area contributed by atoms with Crippen molar-refractivity contribution in [2.75, 3.05) is 44.3 Å². The summed E-state index contributed by atoms with van der Waals surface area (Å²) in [6, 6.07) is 13.6. The third-order valence-corrected chi connectivity index (χ3v) is 9.48. The first-order chi connectivity index (χ1) is 21.8. The van der Waals surface area contributed by atoms with Crippen molar-refractivity contribution in [3.8, 4) is 17.0 Å². The Morgan fingerprint density at radius 2 is 1.76 bits per heavy atom. The predicted molar refractivity (Wildman–Crippen MR) is 165 cm³/mol. The maximum absolute atomic E-state index is 15.2. The third kappa shape index (κ3) is 6.96. The minimum Gasteiger partial charge on any atom is -0.485 e. The van der Waals surface area contributed by atoms with Crippen LogP contribution in [0.25, 0.3) is 11.3 Å². The fourth-order valence-corrected chi connectivity index (χ4v) is 6.71. The van der Waals surface area contributed by atoms with Crippen LogP contribution in [0.2, 0.25) is 0 Å². The standard InChI is InChI=1S/C35H39F2N3O5/c1-22-17-25(23-7-14-40(15-8-23)34(41)27-11-16-44-20-27)5-6-26(22)21-45-33-29(18-28(36)19-30(33)37)31-3-2-4-32(38-31)39-12-9-24(10-13-39)35(42)43/h2-6,17-19,23-24,27H,7-16,20-21H2,1H3,(H,42,43)/t27-/m1/s1. The number of piperidine rings is 2. The van der Waals surface area contributed by atoms with E-state index in [4.69, 9.17) is 9.47 Å². The summed E-state index contributed by atoms with van der Waals surface area (Å²) in [5.74, 6) is -1.57. The summed E-state index contributed by atoms with van der Waals surface area (Å²) in [4.78, 5) is 32.8. The number of benzene rings is 2. The van der Waals surface area contributed by atoms with Gasteiger partial charge in [-0.25, -0.2) is 13.8 Å². The molecule has 1 aromatic heterocycles. The fraction of sp³-hybridized carbons (Fsp3) is 0.457. The summed E-state index contributed by atoms with van der Waals surface area (Å²) in [6.45, 7) is 5.86. The number of carboxylic acids is 1. The number of rotatable bonds is 8. The number of hydrogen-bond donors (Lipinski definition) is 1. The van der Waals surface area contributed by atoms with Crippen LogP contribution in [0.5, 0.6) is 5.75 Å². The van der Waals surface area contributed by atoms with Crippen molar-refractivity contribution in [3.63, 3.8) is 0 Å². The molecule has 1 amide bonds. The molecule has 10 heteroatoms. The topological polar surface area (TPSA) is 92.2 Å². The van der Waals surface area contributed by atoms with Gasteiger partial charge in [0.25, 0.3) is 0 Å². The molecule has 0 bridgehead atoms. The molecule has 3 aliphatic heterocycles. The number of ether oxygens (including phenoxy) is 2. The van der Waals surface area contributed by atoms with Crippen molar-refractivity contribution in [1.82, 2.24) is 9.88 Å². The van der Waals surface area contributed by atoms with Crippen molar-refractivity contribution in [2.24, 2.45) is 11.8 Å². The Morgan fingerprint density at radius 3 is 2.44 bits per heavy atom. The van der Waals surface area contributed by atoms with Gasteiger partial charge in [-0.1, -0.05) is 24.3 Å². The first-order valence-electron chi connectivity index (χ1n) is 15.8. The number of halogens is 2. The van der Waals surface area contributed by atoms with Crippen LogP contribution in [0.1, 0.15) is 54.7 Å². The summed E-state index contributed by atoms with van der Waals surface area (Å²) < 4.78 is 41.0. The number of aliphatic carboxylic acids is 1. The number of aryl methyl sites for hydroxylation is 1. The van der Waals surface area contributed by atoms with Gasteiger partial charge in [0, 0.05) is 44.4 Å². The van der Waals surface area contributed by atoms with Crippen LogP contribution in [-0.2, 0) is 20.9 Å². The number of carbonyl (C=O) groups excluding carboxylic acids is 1. The van der Waals surface area contributed by atoms with Gasteiger partial charge in [0.15, 0.2) is 11.6 Å². The lowest BCUT2D eigenvalue weighted by Crippen LogP contribution is -2.41. The number of amides is 1. The van der Waals surface area contributed by atoms with E-state index in [9.17, 15) is 19.1 Å². The largest absolute Gasteiger partial charge is 0.485 e. The zero-order chi connectivity index (χ0) is 31.5. The van der Waals surface area contributed by atoms with Gasteiger partial charge in [-0.15, -0.1) is 0 Å². The maximum atomic E-state index is 15.2. The summed E-state index contributed by atoms with van der Waals surface area (Å²) >= 11 is 0. The second-order valence-electron chi connectivity index (χ2n) is 12.4. The summed E-state index contributed by atoms with van der Waals surface area (Å²) in [5, 5.41) is 9.32. The smallest absolute Gasteiger partial charge is 0.306 e. The number of anilines is 1. The molecule has 6 rings (SSSR count). The quantitative estimate of drug-likeness (QED) is 0.333. The number of carbonyl (C=O) groups is 2. The molecule has 0 saturated carbocycles. The molecule has 0 radical (unpaired) electrons. The molecule has 1 N–H and O–H groups in total. The van der Waals surface area contributed by atoms with Crippen LogP contribution < -0.4 is 9.64 Å². The SMILES string of the molecule is Cc1cc(C2CCN(C(=O)[C@@H]3CCOC3)CC2)ccc1COc1c(F)cc(F)cc1-c1cccc(N2CCC(C(=O)O)CC2)n1. The van der Waals surface area contributed by atoms with Crippen LogP contribution in [0, 0.1) is 30.4 Å². The second kappa shape index (κ2) is 13.5. The van der Waals surface area contributed by atoms with Crippen molar-refractivity contribution in [3.05, 3.63) is 76.9 Å². The minimum absolute atomic E-state index is 0.00232. The van der Waals surface area contributed by atoms with E-state index in [1.807, 2.05) is 28.9 Å². The second-order valence-corrected chi connectivity index (χ2v) is 12.4. The molecular formula is C35H39F2N3O5. The van der Waals surface area contributed by atoms with Crippen molar-refractivity contribution in [1.29, 1.82) is 0 Å². The van der Waals surface area contributed by atoms with Gasteiger partial charge in [-0.05, 0) is 79.8 Å². The third-order valence-electron chi connectivity index (χ3n) is 9.48. The predicted octanol–water partition coefficient (Wildman–Crippen LogP) is 5.96. The Bertz CT molecular complexity index is 1540. The van der Waals surface area contributed by atoms with Gasteiger partial charge in [0.05, 0.1) is 24.1 Å². The lowest BCUT2D eigenvalue weighted by atomic mass is 9.87. The van der Waals surface area contributed by atoms with Gasteiger partial charge < -0.3 is 24.4 Å². The lowest BCUT2D eigenvalue weighted by molar-refractivity contribution is -0.142. The Kier molecular flexibility index (Phi) is 9.30. The highest BCUT2D eigenvalue weighted by Crippen LogP contribution is 2.36. The molecule has 4 heterocycles. The van der Waals surface area contributed by atoms with E-state index in [0.29, 0.717) is 56.6 Å².